The van der Waals surface area contributed by atoms with Crippen LogP contribution in [0.2, 0.25) is 0 Å². The number of hydrogen-bond donors (Lipinski definition) is 2. The van der Waals surface area contributed by atoms with Crippen LogP contribution in [0.3, 0.4) is 0 Å². The van der Waals surface area contributed by atoms with Crippen LogP contribution in [-0.4, -0.2) is 60.0 Å². The molecule has 164 valence electrons. The summed E-state index contributed by atoms with van der Waals surface area (Å²) in [6, 6.07) is 12.1. The number of anilines is 1. The Hall–Kier alpha value is -2.63. The number of hydrogen-bond acceptors (Lipinski definition) is 6. The van der Waals surface area contributed by atoms with E-state index in [1.807, 2.05) is 0 Å². The van der Waals surface area contributed by atoms with E-state index < -0.39 is 20.0 Å². The quantitative estimate of drug-likeness (QED) is 0.524. The van der Waals surface area contributed by atoms with Gasteiger partial charge in [-0.25, -0.2) is 21.1 Å². The lowest BCUT2D eigenvalue weighted by Gasteiger charge is -2.12. The van der Waals surface area contributed by atoms with Gasteiger partial charge in [-0.1, -0.05) is 0 Å². The Morgan fingerprint density at radius 1 is 0.967 bits per heavy atom. The van der Waals surface area contributed by atoms with Gasteiger partial charge >= 0.3 is 0 Å². The van der Waals surface area contributed by atoms with E-state index in [4.69, 9.17) is 4.74 Å². The Kier molecular flexibility index (Phi) is 7.82. The standard InChI is InChI=1S/C19H25N3O6S2/c1-4-29(24,25)21-16-7-5-15(6-8-16)19(23)20-13-14-28-17-9-11-18(12-10-17)30(26,27)22(2)3/h5-12,21H,4,13-14H2,1-3H3,(H,20,23). The number of carbonyl (C=O) groups is 1. The van der Waals surface area contributed by atoms with Crippen LogP contribution >= 0.6 is 0 Å². The first kappa shape index (κ1) is 23.6. The van der Waals surface area contributed by atoms with Crippen LogP contribution in [0.5, 0.6) is 5.75 Å². The number of benzene rings is 2. The van der Waals surface area contributed by atoms with Crippen LogP contribution in [0.4, 0.5) is 5.69 Å². The highest BCUT2D eigenvalue weighted by Crippen LogP contribution is 2.18. The molecule has 9 nitrogen and oxygen atoms in total. The maximum Gasteiger partial charge on any atom is 0.251 e. The van der Waals surface area contributed by atoms with E-state index in [-0.39, 0.29) is 29.7 Å². The first-order valence-electron chi connectivity index (χ1n) is 9.09. The molecule has 0 atom stereocenters. The Labute approximate surface area is 177 Å². The first-order chi connectivity index (χ1) is 14.0. The highest BCUT2D eigenvalue weighted by Gasteiger charge is 2.16. The second kappa shape index (κ2) is 9.92. The Bertz CT molecular complexity index is 1060. The molecule has 0 heterocycles. The largest absolute Gasteiger partial charge is 0.492 e. The molecule has 2 aromatic carbocycles. The predicted octanol–water partition coefficient (Wildman–Crippen LogP) is 1.51. The number of carbonyl (C=O) groups excluding carboxylic acids is 1. The van der Waals surface area contributed by atoms with Crippen LogP contribution in [0.25, 0.3) is 0 Å². The fourth-order valence-corrected chi connectivity index (χ4v) is 3.84. The molecule has 0 spiro atoms. The fraction of sp³-hybridized carbons (Fsp3) is 0.316. The third-order valence-corrected chi connectivity index (χ3v) is 7.20. The predicted molar refractivity (Wildman–Crippen MR) is 115 cm³/mol. The zero-order chi connectivity index (χ0) is 22.4. The minimum atomic E-state index is -3.49. The summed E-state index contributed by atoms with van der Waals surface area (Å²) in [6.45, 7) is 1.97. The van der Waals surface area contributed by atoms with Crippen molar-refractivity contribution in [1.82, 2.24) is 9.62 Å². The van der Waals surface area contributed by atoms with Crippen molar-refractivity contribution in [2.24, 2.45) is 0 Å². The summed E-state index contributed by atoms with van der Waals surface area (Å²) in [7, 11) is -3.94. The Morgan fingerprint density at radius 3 is 2.10 bits per heavy atom. The van der Waals surface area contributed by atoms with E-state index in [1.54, 1.807) is 12.1 Å². The summed E-state index contributed by atoms with van der Waals surface area (Å²) in [5, 5.41) is 2.69. The van der Waals surface area contributed by atoms with Gasteiger partial charge in [0.1, 0.15) is 12.4 Å². The average molecular weight is 456 g/mol. The van der Waals surface area contributed by atoms with Gasteiger partial charge in [0.2, 0.25) is 20.0 Å². The number of nitrogens with zero attached hydrogens (tertiary/aromatic N) is 1. The minimum Gasteiger partial charge on any atom is -0.492 e. The maximum absolute atomic E-state index is 12.2. The fourth-order valence-electron chi connectivity index (χ4n) is 2.30. The molecule has 2 aromatic rings. The van der Waals surface area contributed by atoms with Crippen molar-refractivity contribution < 1.29 is 26.4 Å². The van der Waals surface area contributed by atoms with Crippen molar-refractivity contribution in [2.75, 3.05) is 37.7 Å². The van der Waals surface area contributed by atoms with Gasteiger partial charge in [0.05, 0.1) is 17.2 Å². The van der Waals surface area contributed by atoms with E-state index in [9.17, 15) is 21.6 Å². The molecule has 0 bridgehead atoms. The van der Waals surface area contributed by atoms with E-state index >= 15 is 0 Å². The molecule has 0 saturated heterocycles. The smallest absolute Gasteiger partial charge is 0.251 e. The number of nitrogens with one attached hydrogen (secondary N) is 2. The number of amides is 1. The van der Waals surface area contributed by atoms with Crippen molar-refractivity contribution in [1.29, 1.82) is 0 Å². The number of rotatable bonds is 10. The molecule has 30 heavy (non-hydrogen) atoms. The molecule has 0 aromatic heterocycles. The van der Waals surface area contributed by atoms with Gasteiger partial charge < -0.3 is 10.1 Å². The van der Waals surface area contributed by atoms with Crippen molar-refractivity contribution in [3.8, 4) is 5.75 Å². The van der Waals surface area contributed by atoms with E-state index in [0.717, 1.165) is 4.31 Å². The Balaban J connectivity index is 1.82. The topological polar surface area (TPSA) is 122 Å². The third-order valence-electron chi connectivity index (χ3n) is 4.06. The summed E-state index contributed by atoms with van der Waals surface area (Å²) >= 11 is 0. The zero-order valence-electron chi connectivity index (χ0n) is 17.0. The van der Waals surface area contributed by atoms with E-state index in [1.165, 1.54) is 57.4 Å². The number of ether oxygens (including phenoxy) is 1. The molecule has 1 amide bonds. The van der Waals surface area contributed by atoms with Gasteiger partial charge in [-0.2, -0.15) is 0 Å². The molecule has 11 heteroatoms. The molecule has 0 aliphatic rings. The van der Waals surface area contributed by atoms with E-state index in [0.29, 0.717) is 17.0 Å². The number of sulfonamides is 2. The second-order valence-corrected chi connectivity index (χ2v) is 10.6. The normalized spacial score (nSPS) is 11.9. The average Bonchev–Trinajstić information content (AvgIpc) is 2.71. The third kappa shape index (κ3) is 6.44. The first-order valence-corrected chi connectivity index (χ1v) is 12.2. The molecule has 0 saturated carbocycles. The molecule has 0 fully saturated rings. The molecule has 0 unspecified atom stereocenters. The highest BCUT2D eigenvalue weighted by atomic mass is 32.2. The van der Waals surface area contributed by atoms with Gasteiger partial charge in [-0.3, -0.25) is 9.52 Å². The summed E-state index contributed by atoms with van der Waals surface area (Å²) in [6.07, 6.45) is 0. The van der Waals surface area contributed by atoms with Crippen molar-refractivity contribution in [3.63, 3.8) is 0 Å². The molecule has 0 aliphatic heterocycles. The molecular formula is C19H25N3O6S2. The lowest BCUT2D eigenvalue weighted by molar-refractivity contribution is 0.0947. The summed E-state index contributed by atoms with van der Waals surface area (Å²) < 4.78 is 56.2. The van der Waals surface area contributed by atoms with Crippen LogP contribution in [-0.2, 0) is 20.0 Å². The lowest BCUT2D eigenvalue weighted by atomic mass is 10.2. The zero-order valence-corrected chi connectivity index (χ0v) is 18.6. The van der Waals surface area contributed by atoms with E-state index in [2.05, 4.69) is 10.0 Å². The second-order valence-electron chi connectivity index (χ2n) is 6.45. The maximum atomic E-state index is 12.2. The van der Waals surface area contributed by atoms with Crippen LogP contribution in [0.15, 0.2) is 53.4 Å². The summed E-state index contributed by atoms with van der Waals surface area (Å²) in [5.74, 6) is 0.120. The molecular weight excluding hydrogens is 430 g/mol. The SMILES string of the molecule is CCS(=O)(=O)Nc1ccc(C(=O)NCCOc2ccc(S(=O)(=O)N(C)C)cc2)cc1. The van der Waals surface area contributed by atoms with Crippen molar-refractivity contribution >= 4 is 31.6 Å². The summed E-state index contributed by atoms with van der Waals surface area (Å²) in [4.78, 5) is 12.3. The van der Waals surface area contributed by atoms with Crippen LogP contribution in [0.1, 0.15) is 17.3 Å². The molecule has 0 radical (unpaired) electrons. The molecule has 2 rings (SSSR count). The van der Waals surface area contributed by atoms with Crippen LogP contribution in [0, 0.1) is 0 Å². The van der Waals surface area contributed by atoms with Crippen LogP contribution < -0.4 is 14.8 Å². The van der Waals surface area contributed by atoms with Gasteiger partial charge in [-0.05, 0) is 55.5 Å². The minimum absolute atomic E-state index is 0.0383. The summed E-state index contributed by atoms with van der Waals surface area (Å²) in [5.41, 5.74) is 0.768. The highest BCUT2D eigenvalue weighted by molar-refractivity contribution is 7.92. The molecule has 2 N–H and O–H groups in total. The van der Waals surface area contributed by atoms with Gasteiger partial charge in [-0.15, -0.1) is 0 Å². The van der Waals surface area contributed by atoms with Crippen molar-refractivity contribution in [2.45, 2.75) is 11.8 Å². The Morgan fingerprint density at radius 2 is 1.57 bits per heavy atom. The molecule has 0 aliphatic carbocycles. The van der Waals surface area contributed by atoms with Gasteiger partial charge in [0.15, 0.2) is 0 Å². The lowest BCUT2D eigenvalue weighted by Crippen LogP contribution is -2.28. The van der Waals surface area contributed by atoms with Gasteiger partial charge in [0, 0.05) is 25.3 Å². The van der Waals surface area contributed by atoms with Gasteiger partial charge in [0.25, 0.3) is 5.91 Å². The van der Waals surface area contributed by atoms with Crippen molar-refractivity contribution in [3.05, 3.63) is 54.1 Å². The monoisotopic (exact) mass is 455 g/mol.